The number of hydrogen-bond donors (Lipinski definition) is 0. The Labute approximate surface area is 208 Å². The number of imidazole rings is 1. The van der Waals surface area contributed by atoms with E-state index in [4.69, 9.17) is 0 Å². The van der Waals surface area contributed by atoms with Crippen LogP contribution in [0.3, 0.4) is 0 Å². The first-order chi connectivity index (χ1) is 16.3. The van der Waals surface area contributed by atoms with Crippen LogP contribution in [-0.4, -0.2) is 4.57 Å². The molecule has 0 spiro atoms. The fourth-order valence-corrected chi connectivity index (χ4v) is 5.17. The molecule has 1 rings (SSSR count). The summed E-state index contributed by atoms with van der Waals surface area (Å²) in [7, 11) is 0. The molecule has 2 nitrogen and oxygen atoms in total. The molecule has 0 radical (unpaired) electrons. The second kappa shape index (κ2) is 23.0. The van der Waals surface area contributed by atoms with E-state index in [-0.39, 0.29) is 0 Å². The quantitative estimate of drug-likeness (QED) is 0.101. The van der Waals surface area contributed by atoms with Gasteiger partial charge in [0.25, 0.3) is 5.82 Å². The molecular weight excluding hydrogens is 400 g/mol. The van der Waals surface area contributed by atoms with Gasteiger partial charge < -0.3 is 0 Å². The molecule has 0 atom stereocenters. The minimum atomic E-state index is 1.11. The van der Waals surface area contributed by atoms with Crippen LogP contribution in [-0.2, 0) is 19.5 Å². The molecule has 0 unspecified atom stereocenters. The van der Waals surface area contributed by atoms with Crippen molar-refractivity contribution in [1.29, 1.82) is 0 Å². The van der Waals surface area contributed by atoms with Gasteiger partial charge in [-0.1, -0.05) is 136 Å². The maximum atomic E-state index is 2.56. The highest BCUT2D eigenvalue weighted by atomic mass is 15.1. The monoisotopic (exact) mass is 461 g/mol. The third-order valence-corrected chi connectivity index (χ3v) is 7.44. The number of aryl methyl sites for hydroxylation is 2. The summed E-state index contributed by atoms with van der Waals surface area (Å²) >= 11 is 0. The Bertz CT molecular complexity index is 519. The van der Waals surface area contributed by atoms with Crippen molar-refractivity contribution in [2.24, 2.45) is 0 Å². The van der Waals surface area contributed by atoms with Crippen LogP contribution in [0.25, 0.3) is 0 Å². The Kier molecular flexibility index (Phi) is 21.1. The number of aromatic nitrogens is 2. The average molecular weight is 462 g/mol. The number of unbranched alkanes of at least 4 members (excludes halogenated alkanes) is 20. The zero-order valence-electron chi connectivity index (χ0n) is 23.2. The summed E-state index contributed by atoms with van der Waals surface area (Å²) in [5.41, 5.74) is 0. The van der Waals surface area contributed by atoms with Gasteiger partial charge in [-0.15, -0.1) is 0 Å². The van der Waals surface area contributed by atoms with Crippen molar-refractivity contribution in [3.8, 4) is 0 Å². The molecule has 1 aromatic heterocycles. The molecule has 1 aromatic rings. The molecule has 194 valence electrons. The molecule has 0 saturated carbocycles. The van der Waals surface area contributed by atoms with E-state index >= 15 is 0 Å². The van der Waals surface area contributed by atoms with E-state index in [1.54, 1.807) is 5.82 Å². The lowest BCUT2D eigenvalue weighted by Crippen LogP contribution is -2.37. The lowest BCUT2D eigenvalue weighted by Gasteiger charge is -2.06. The fraction of sp³-hybridized carbons (Fsp3) is 0.903. The van der Waals surface area contributed by atoms with E-state index < -0.39 is 0 Å². The highest BCUT2D eigenvalue weighted by Crippen LogP contribution is 2.14. The number of nitrogens with zero attached hydrogens (tertiary/aromatic N) is 2. The summed E-state index contributed by atoms with van der Waals surface area (Å²) in [5.74, 6) is 1.57. The highest BCUT2D eigenvalue weighted by molar-refractivity contribution is 4.83. The van der Waals surface area contributed by atoms with Crippen molar-refractivity contribution >= 4 is 0 Å². The smallest absolute Gasteiger partial charge is 0.235 e. The van der Waals surface area contributed by atoms with Crippen LogP contribution in [0, 0.1) is 0 Å². The Morgan fingerprint density at radius 2 is 0.909 bits per heavy atom. The predicted molar refractivity (Wildman–Crippen MR) is 147 cm³/mol. The molecule has 0 amide bonds. The highest BCUT2D eigenvalue weighted by Gasteiger charge is 2.15. The molecule has 0 N–H and O–H groups in total. The lowest BCUT2D eigenvalue weighted by molar-refractivity contribution is -0.704. The van der Waals surface area contributed by atoms with Gasteiger partial charge in [-0.25, -0.2) is 9.13 Å². The Hall–Kier alpha value is -0.790. The summed E-state index contributed by atoms with van der Waals surface area (Å²) in [6.45, 7) is 9.22. The summed E-state index contributed by atoms with van der Waals surface area (Å²) in [4.78, 5) is 0. The van der Waals surface area contributed by atoms with Gasteiger partial charge >= 0.3 is 0 Å². The molecule has 0 aliphatic heterocycles. The fourth-order valence-electron chi connectivity index (χ4n) is 5.17. The van der Waals surface area contributed by atoms with Crippen LogP contribution < -0.4 is 4.57 Å². The molecule has 0 aliphatic rings. The van der Waals surface area contributed by atoms with Crippen molar-refractivity contribution < 1.29 is 4.57 Å². The number of rotatable bonds is 25. The molecule has 0 fully saturated rings. The first kappa shape index (κ1) is 30.2. The van der Waals surface area contributed by atoms with Crippen LogP contribution in [0.4, 0.5) is 0 Å². The van der Waals surface area contributed by atoms with Gasteiger partial charge in [-0.3, -0.25) is 0 Å². The SMILES string of the molecule is CCCCCCCCCCCCCCCC[n+]1ccn(CC)c1CCCCCCCCCC. The third kappa shape index (κ3) is 16.5. The lowest BCUT2D eigenvalue weighted by atomic mass is 10.0. The minimum absolute atomic E-state index is 1.11. The van der Waals surface area contributed by atoms with Gasteiger partial charge in [0.2, 0.25) is 0 Å². The van der Waals surface area contributed by atoms with Gasteiger partial charge in [-0.2, -0.15) is 0 Å². The topological polar surface area (TPSA) is 8.81 Å². The van der Waals surface area contributed by atoms with E-state index in [0.717, 1.165) is 6.54 Å². The zero-order valence-corrected chi connectivity index (χ0v) is 23.2. The first-order valence-electron chi connectivity index (χ1n) is 15.4. The normalized spacial score (nSPS) is 11.5. The van der Waals surface area contributed by atoms with Gasteiger partial charge in [0.1, 0.15) is 12.4 Å². The van der Waals surface area contributed by atoms with Crippen LogP contribution in [0.15, 0.2) is 12.4 Å². The second-order valence-corrected chi connectivity index (χ2v) is 10.5. The summed E-state index contributed by atoms with van der Waals surface area (Å²) in [5, 5.41) is 0. The average Bonchev–Trinajstić information content (AvgIpc) is 3.22. The van der Waals surface area contributed by atoms with Gasteiger partial charge in [0.15, 0.2) is 0 Å². The minimum Gasteiger partial charge on any atom is -0.235 e. The van der Waals surface area contributed by atoms with E-state index in [9.17, 15) is 0 Å². The third-order valence-electron chi connectivity index (χ3n) is 7.44. The Morgan fingerprint density at radius 1 is 0.515 bits per heavy atom. The summed E-state index contributed by atoms with van der Waals surface area (Å²) < 4.78 is 5.04. The molecule has 0 aliphatic carbocycles. The van der Waals surface area contributed by atoms with Crippen molar-refractivity contribution in [2.45, 2.75) is 182 Å². The van der Waals surface area contributed by atoms with E-state index in [2.05, 4.69) is 42.3 Å². The maximum absolute atomic E-state index is 2.56. The molecule has 1 heterocycles. The van der Waals surface area contributed by atoms with Crippen molar-refractivity contribution in [3.63, 3.8) is 0 Å². The Morgan fingerprint density at radius 3 is 1.33 bits per heavy atom. The molecule has 2 heteroatoms. The summed E-state index contributed by atoms with van der Waals surface area (Å²) in [6.07, 6.45) is 37.3. The van der Waals surface area contributed by atoms with Crippen molar-refractivity contribution in [1.82, 2.24) is 4.57 Å². The molecule has 0 aromatic carbocycles. The molecule has 0 bridgehead atoms. The largest absolute Gasteiger partial charge is 0.256 e. The van der Waals surface area contributed by atoms with Crippen molar-refractivity contribution in [2.75, 3.05) is 0 Å². The van der Waals surface area contributed by atoms with Crippen LogP contribution in [0.2, 0.25) is 0 Å². The van der Waals surface area contributed by atoms with E-state index in [1.165, 1.54) is 154 Å². The van der Waals surface area contributed by atoms with Crippen LogP contribution in [0.5, 0.6) is 0 Å². The van der Waals surface area contributed by atoms with E-state index in [1.807, 2.05) is 0 Å². The van der Waals surface area contributed by atoms with E-state index in [0.29, 0.717) is 0 Å². The maximum Gasteiger partial charge on any atom is 0.256 e. The molecular formula is C31H61N2+. The van der Waals surface area contributed by atoms with Gasteiger partial charge in [0.05, 0.1) is 13.1 Å². The zero-order chi connectivity index (χ0) is 23.8. The summed E-state index contributed by atoms with van der Waals surface area (Å²) in [6, 6.07) is 0. The first-order valence-corrected chi connectivity index (χ1v) is 15.4. The Balaban J connectivity index is 2.03. The molecule has 33 heavy (non-hydrogen) atoms. The standard InChI is InChI=1S/C31H61N2/c1-4-7-9-11-13-15-16-17-18-19-20-22-24-26-28-33-30-29-32(6-3)31(33)27-25-23-21-14-12-10-8-5-2/h29-30H,4-28H2,1-3H3/q+1. The number of hydrogen-bond acceptors (Lipinski definition) is 0. The van der Waals surface area contributed by atoms with Gasteiger partial charge in [0, 0.05) is 6.42 Å². The second-order valence-electron chi connectivity index (χ2n) is 10.5. The van der Waals surface area contributed by atoms with Crippen LogP contribution in [0.1, 0.15) is 168 Å². The predicted octanol–water partition coefficient (Wildman–Crippen LogP) is 9.96. The van der Waals surface area contributed by atoms with Crippen LogP contribution >= 0.6 is 0 Å². The van der Waals surface area contributed by atoms with Crippen molar-refractivity contribution in [3.05, 3.63) is 18.2 Å². The molecule has 0 saturated heterocycles. The van der Waals surface area contributed by atoms with Gasteiger partial charge in [-0.05, 0) is 26.2 Å².